The first-order valence-corrected chi connectivity index (χ1v) is 9.72. The second-order valence-electron chi connectivity index (χ2n) is 7.86. The van der Waals surface area contributed by atoms with E-state index in [9.17, 15) is 9.90 Å². The van der Waals surface area contributed by atoms with Crippen LogP contribution < -0.4 is 11.4 Å². The number of hydrogen-bond acceptors (Lipinski definition) is 8. The van der Waals surface area contributed by atoms with Crippen LogP contribution in [0.3, 0.4) is 0 Å². The van der Waals surface area contributed by atoms with Crippen molar-refractivity contribution in [1.82, 2.24) is 29.2 Å². The van der Waals surface area contributed by atoms with Crippen LogP contribution in [-0.2, 0) is 12.1 Å². The average Bonchev–Trinajstić information content (AvgIpc) is 3.35. The zero-order valence-electron chi connectivity index (χ0n) is 16.6. The quantitative estimate of drug-likeness (QED) is 0.508. The SMILES string of the molecule is Cc1nc([C@](C)(O)c2ccc3c(c2)n(-c2ccnc(N)n2)c(=O)n3CC2CC2)no1. The minimum absolute atomic E-state index is 0.0768. The van der Waals surface area contributed by atoms with E-state index in [1.807, 2.05) is 6.07 Å². The number of nitrogens with zero attached hydrogens (tertiary/aromatic N) is 6. The summed E-state index contributed by atoms with van der Waals surface area (Å²) >= 11 is 0. The standard InChI is InChI=1S/C20H21N7O3/c1-11-23-17(25-30-11)20(2,29)13-5-6-14-15(9-13)27(16-7-8-22-18(21)24-16)19(28)26(14)10-12-3-4-12/h5-9,12,29H,3-4,10H2,1-2H3,(H2,21,22,24)/t20-/m1/s1. The summed E-state index contributed by atoms with van der Waals surface area (Å²) in [4.78, 5) is 25.6. The summed E-state index contributed by atoms with van der Waals surface area (Å²) < 4.78 is 8.28. The molecule has 4 aromatic rings. The highest BCUT2D eigenvalue weighted by molar-refractivity contribution is 5.79. The highest BCUT2D eigenvalue weighted by Gasteiger charge is 2.33. The Balaban J connectivity index is 1.74. The van der Waals surface area contributed by atoms with Gasteiger partial charge in [0.1, 0.15) is 11.4 Å². The van der Waals surface area contributed by atoms with E-state index in [1.54, 1.807) is 36.6 Å². The van der Waals surface area contributed by atoms with Crippen LogP contribution in [0.15, 0.2) is 39.8 Å². The van der Waals surface area contributed by atoms with Crippen LogP contribution >= 0.6 is 0 Å². The van der Waals surface area contributed by atoms with Crippen LogP contribution in [0.5, 0.6) is 0 Å². The van der Waals surface area contributed by atoms with Gasteiger partial charge in [-0.25, -0.2) is 14.3 Å². The van der Waals surface area contributed by atoms with E-state index in [0.717, 1.165) is 18.4 Å². The summed E-state index contributed by atoms with van der Waals surface area (Å²) in [5, 5.41) is 15.0. The van der Waals surface area contributed by atoms with Crippen LogP contribution in [0.4, 0.5) is 5.95 Å². The van der Waals surface area contributed by atoms with Gasteiger partial charge in [-0.05, 0) is 43.4 Å². The topological polar surface area (TPSA) is 138 Å². The van der Waals surface area contributed by atoms with E-state index in [2.05, 4.69) is 20.1 Å². The maximum atomic E-state index is 13.3. The average molecular weight is 407 g/mol. The van der Waals surface area contributed by atoms with Crippen LogP contribution in [0.25, 0.3) is 16.9 Å². The molecule has 1 aromatic carbocycles. The van der Waals surface area contributed by atoms with E-state index >= 15 is 0 Å². The van der Waals surface area contributed by atoms with Gasteiger partial charge in [-0.1, -0.05) is 11.2 Å². The molecular weight excluding hydrogens is 386 g/mol. The zero-order valence-corrected chi connectivity index (χ0v) is 16.6. The number of aliphatic hydroxyl groups is 1. The van der Waals surface area contributed by atoms with Crippen LogP contribution in [0.2, 0.25) is 0 Å². The normalized spacial score (nSPS) is 16.1. The Morgan fingerprint density at radius 2 is 2.07 bits per heavy atom. The minimum Gasteiger partial charge on any atom is -0.377 e. The molecule has 0 radical (unpaired) electrons. The molecule has 3 aromatic heterocycles. The lowest BCUT2D eigenvalue weighted by Gasteiger charge is -2.20. The summed E-state index contributed by atoms with van der Waals surface area (Å²) in [5.74, 6) is 1.46. The Morgan fingerprint density at radius 3 is 2.73 bits per heavy atom. The van der Waals surface area contributed by atoms with Crippen molar-refractivity contribution >= 4 is 17.0 Å². The summed E-state index contributed by atoms with van der Waals surface area (Å²) in [5.41, 5.74) is 5.93. The van der Waals surface area contributed by atoms with Crippen molar-refractivity contribution in [2.45, 2.75) is 38.8 Å². The van der Waals surface area contributed by atoms with Gasteiger partial charge < -0.3 is 15.4 Å². The number of nitrogens with two attached hydrogens (primary N) is 1. The van der Waals surface area contributed by atoms with Gasteiger partial charge in [-0.2, -0.15) is 9.97 Å². The van der Waals surface area contributed by atoms with Crippen molar-refractivity contribution in [3.63, 3.8) is 0 Å². The lowest BCUT2D eigenvalue weighted by atomic mass is 9.95. The van der Waals surface area contributed by atoms with Gasteiger partial charge in [0.25, 0.3) is 0 Å². The Hall–Kier alpha value is -3.53. The van der Waals surface area contributed by atoms with E-state index in [1.165, 1.54) is 10.8 Å². The predicted octanol–water partition coefficient (Wildman–Crippen LogP) is 1.52. The molecule has 0 bridgehead atoms. The van der Waals surface area contributed by atoms with Crippen LogP contribution in [0, 0.1) is 12.8 Å². The van der Waals surface area contributed by atoms with Gasteiger partial charge in [-0.3, -0.25) is 4.57 Å². The van der Waals surface area contributed by atoms with Crippen molar-refractivity contribution in [3.05, 3.63) is 58.2 Å². The Morgan fingerprint density at radius 1 is 1.27 bits per heavy atom. The van der Waals surface area contributed by atoms with E-state index in [4.69, 9.17) is 10.3 Å². The molecule has 0 saturated heterocycles. The number of rotatable bonds is 5. The van der Waals surface area contributed by atoms with Crippen LogP contribution in [0.1, 0.15) is 37.0 Å². The molecule has 30 heavy (non-hydrogen) atoms. The monoisotopic (exact) mass is 407 g/mol. The number of fused-ring (bicyclic) bond motifs is 1. The first-order valence-electron chi connectivity index (χ1n) is 9.72. The van der Waals surface area contributed by atoms with Gasteiger partial charge in [0.05, 0.1) is 11.0 Å². The van der Waals surface area contributed by atoms with E-state index in [0.29, 0.717) is 35.3 Å². The number of imidazole rings is 1. The molecule has 10 nitrogen and oxygen atoms in total. The molecule has 0 aliphatic heterocycles. The third-order valence-corrected chi connectivity index (χ3v) is 5.48. The Bertz CT molecular complexity index is 1310. The lowest BCUT2D eigenvalue weighted by molar-refractivity contribution is 0.0893. The fourth-order valence-corrected chi connectivity index (χ4v) is 3.63. The Labute approximate surface area is 171 Å². The van der Waals surface area contributed by atoms with Gasteiger partial charge >= 0.3 is 5.69 Å². The second kappa shape index (κ2) is 6.49. The molecule has 1 aliphatic rings. The molecular formula is C20H21N7O3. The predicted molar refractivity (Wildman–Crippen MR) is 108 cm³/mol. The number of hydrogen-bond donors (Lipinski definition) is 2. The third-order valence-electron chi connectivity index (χ3n) is 5.48. The van der Waals surface area contributed by atoms with E-state index < -0.39 is 5.60 Å². The largest absolute Gasteiger partial charge is 0.377 e. The highest BCUT2D eigenvalue weighted by atomic mass is 16.5. The molecule has 3 heterocycles. The van der Waals surface area contributed by atoms with Gasteiger partial charge in [0, 0.05) is 25.7 Å². The number of aryl methyl sites for hydroxylation is 1. The van der Waals surface area contributed by atoms with Crippen molar-refractivity contribution in [1.29, 1.82) is 0 Å². The number of nitrogen functional groups attached to an aromatic ring is 1. The van der Waals surface area contributed by atoms with Gasteiger partial charge in [0.15, 0.2) is 0 Å². The minimum atomic E-state index is -1.50. The maximum absolute atomic E-state index is 13.3. The fourth-order valence-electron chi connectivity index (χ4n) is 3.63. The first kappa shape index (κ1) is 18.5. The molecule has 5 rings (SSSR count). The van der Waals surface area contributed by atoms with Crippen LogP contribution in [-0.4, -0.2) is 34.3 Å². The summed E-state index contributed by atoms with van der Waals surface area (Å²) in [6.07, 6.45) is 3.74. The smallest absolute Gasteiger partial charge is 0.334 e. The molecule has 1 fully saturated rings. The Kier molecular flexibility index (Phi) is 4.00. The zero-order chi connectivity index (χ0) is 21.0. The maximum Gasteiger partial charge on any atom is 0.334 e. The lowest BCUT2D eigenvalue weighted by Crippen LogP contribution is -2.25. The molecule has 1 aliphatic carbocycles. The van der Waals surface area contributed by atoms with Crippen molar-refractivity contribution in [2.24, 2.45) is 5.92 Å². The second-order valence-corrected chi connectivity index (χ2v) is 7.86. The van der Waals surface area contributed by atoms with Crippen molar-refractivity contribution in [3.8, 4) is 5.82 Å². The summed E-state index contributed by atoms with van der Waals surface area (Å²) in [7, 11) is 0. The molecule has 3 N–H and O–H groups in total. The fraction of sp³-hybridized carbons (Fsp3) is 0.350. The summed E-state index contributed by atoms with van der Waals surface area (Å²) in [6.45, 7) is 3.89. The van der Waals surface area contributed by atoms with Crippen molar-refractivity contribution in [2.75, 3.05) is 5.73 Å². The molecule has 10 heteroatoms. The van der Waals surface area contributed by atoms with Gasteiger partial charge in [-0.15, -0.1) is 0 Å². The molecule has 1 saturated carbocycles. The molecule has 0 unspecified atom stereocenters. The number of benzene rings is 1. The molecule has 1 atom stereocenters. The first-order chi connectivity index (χ1) is 14.3. The van der Waals surface area contributed by atoms with E-state index in [-0.39, 0.29) is 17.5 Å². The number of anilines is 1. The van der Waals surface area contributed by atoms with Gasteiger partial charge in [0.2, 0.25) is 17.7 Å². The third kappa shape index (κ3) is 2.96. The number of aromatic nitrogens is 6. The molecule has 154 valence electrons. The molecule has 0 amide bonds. The summed E-state index contributed by atoms with van der Waals surface area (Å²) in [6, 6.07) is 6.99. The highest BCUT2D eigenvalue weighted by Crippen LogP contribution is 2.33. The van der Waals surface area contributed by atoms with Crippen molar-refractivity contribution < 1.29 is 9.63 Å². The molecule has 0 spiro atoms.